The van der Waals surface area contributed by atoms with E-state index in [1.807, 2.05) is 24.3 Å². The summed E-state index contributed by atoms with van der Waals surface area (Å²) in [6.45, 7) is -0.315. The third kappa shape index (κ3) is 2.66. The van der Waals surface area contributed by atoms with E-state index in [1.54, 1.807) is 19.2 Å². The van der Waals surface area contributed by atoms with Crippen molar-refractivity contribution in [3.63, 3.8) is 0 Å². The van der Waals surface area contributed by atoms with Crippen molar-refractivity contribution in [1.29, 1.82) is 0 Å². The number of methoxy groups -OCH3 is 1. The summed E-state index contributed by atoms with van der Waals surface area (Å²) in [5.41, 5.74) is 0.313. The van der Waals surface area contributed by atoms with Crippen LogP contribution < -0.4 is 4.74 Å². The minimum atomic E-state index is -0.391. The molecule has 2 aromatic rings. The first kappa shape index (κ1) is 12.9. The number of hydrogen-bond donors (Lipinski definition) is 1. The van der Waals surface area contributed by atoms with Crippen molar-refractivity contribution in [3.8, 4) is 5.75 Å². The van der Waals surface area contributed by atoms with Crippen LogP contribution in [0.2, 0.25) is 0 Å². The fourth-order valence-corrected chi connectivity index (χ4v) is 2.68. The van der Waals surface area contributed by atoms with Crippen LogP contribution in [0.15, 0.2) is 52.3 Å². The highest BCUT2D eigenvalue weighted by Crippen LogP contribution is 2.36. The number of ether oxygens (including phenoxy) is 1. The Kier molecular flexibility index (Phi) is 4.23. The lowest BCUT2D eigenvalue weighted by atomic mass is 10.2. The molecule has 0 unspecified atom stereocenters. The zero-order chi connectivity index (χ0) is 13.0. The average Bonchev–Trinajstić information content (AvgIpc) is 2.40. The van der Waals surface area contributed by atoms with Crippen LogP contribution in [0.25, 0.3) is 0 Å². The Balaban J connectivity index is 2.37. The molecule has 0 aliphatic heterocycles. The summed E-state index contributed by atoms with van der Waals surface area (Å²) < 4.78 is 18.8. The van der Waals surface area contributed by atoms with Crippen molar-refractivity contribution in [2.24, 2.45) is 0 Å². The van der Waals surface area contributed by atoms with E-state index in [9.17, 15) is 9.50 Å². The molecule has 2 rings (SSSR count). The molecule has 2 aromatic carbocycles. The van der Waals surface area contributed by atoms with Gasteiger partial charge in [0.25, 0.3) is 0 Å². The molecule has 0 amide bonds. The number of hydrogen-bond acceptors (Lipinski definition) is 3. The first-order chi connectivity index (χ1) is 8.76. The number of para-hydroxylation sites is 1. The second kappa shape index (κ2) is 5.89. The summed E-state index contributed by atoms with van der Waals surface area (Å²) >= 11 is 1.38. The van der Waals surface area contributed by atoms with Gasteiger partial charge in [-0.05, 0) is 24.3 Å². The summed E-state index contributed by atoms with van der Waals surface area (Å²) in [6, 6.07) is 12.3. The second-order valence-corrected chi connectivity index (χ2v) is 4.71. The van der Waals surface area contributed by atoms with Crippen molar-refractivity contribution in [3.05, 3.63) is 53.8 Å². The lowest BCUT2D eigenvalue weighted by Crippen LogP contribution is -1.93. The lowest BCUT2D eigenvalue weighted by molar-refractivity contribution is 0.272. The van der Waals surface area contributed by atoms with Crippen LogP contribution in [0.1, 0.15) is 5.56 Å². The smallest absolute Gasteiger partial charge is 0.132 e. The molecule has 0 saturated carbocycles. The van der Waals surface area contributed by atoms with E-state index < -0.39 is 5.82 Å². The SMILES string of the molecule is COc1ccccc1Sc1cccc(F)c1CO. The predicted molar refractivity (Wildman–Crippen MR) is 69.4 cm³/mol. The summed E-state index contributed by atoms with van der Waals surface area (Å²) in [6.07, 6.45) is 0. The van der Waals surface area contributed by atoms with E-state index in [-0.39, 0.29) is 6.61 Å². The van der Waals surface area contributed by atoms with Gasteiger partial charge in [-0.15, -0.1) is 0 Å². The van der Waals surface area contributed by atoms with Gasteiger partial charge in [0.1, 0.15) is 11.6 Å². The van der Waals surface area contributed by atoms with E-state index in [4.69, 9.17) is 4.74 Å². The van der Waals surface area contributed by atoms with Crippen LogP contribution in [0.4, 0.5) is 4.39 Å². The van der Waals surface area contributed by atoms with Crippen molar-refractivity contribution >= 4 is 11.8 Å². The second-order valence-electron chi connectivity index (χ2n) is 3.63. The molecule has 0 radical (unpaired) electrons. The molecule has 0 saturated heterocycles. The Hall–Kier alpha value is -1.52. The van der Waals surface area contributed by atoms with Gasteiger partial charge in [-0.3, -0.25) is 0 Å². The Morgan fingerprint density at radius 2 is 1.83 bits per heavy atom. The van der Waals surface area contributed by atoms with Crippen molar-refractivity contribution in [2.75, 3.05) is 7.11 Å². The van der Waals surface area contributed by atoms with Gasteiger partial charge in [-0.2, -0.15) is 0 Å². The molecule has 0 heterocycles. The minimum absolute atomic E-state index is 0.313. The minimum Gasteiger partial charge on any atom is -0.496 e. The Morgan fingerprint density at radius 3 is 2.56 bits per heavy atom. The average molecular weight is 264 g/mol. The molecule has 0 aliphatic rings. The molecule has 2 nitrogen and oxygen atoms in total. The van der Waals surface area contributed by atoms with E-state index in [0.717, 1.165) is 10.6 Å². The van der Waals surface area contributed by atoms with Crippen LogP contribution in [-0.2, 0) is 6.61 Å². The molecule has 0 aromatic heterocycles. The zero-order valence-electron chi connectivity index (χ0n) is 9.89. The molecular formula is C14H13FO2S. The quantitative estimate of drug-likeness (QED) is 0.916. The highest BCUT2D eigenvalue weighted by atomic mass is 32.2. The molecule has 4 heteroatoms. The van der Waals surface area contributed by atoms with Gasteiger partial charge in [0.05, 0.1) is 18.6 Å². The van der Waals surface area contributed by atoms with Crippen LogP contribution >= 0.6 is 11.8 Å². The van der Waals surface area contributed by atoms with E-state index in [1.165, 1.54) is 17.8 Å². The molecule has 0 fully saturated rings. The fourth-order valence-electron chi connectivity index (χ4n) is 1.61. The first-order valence-corrected chi connectivity index (χ1v) is 6.27. The van der Waals surface area contributed by atoms with Crippen molar-refractivity contribution in [1.82, 2.24) is 0 Å². The highest BCUT2D eigenvalue weighted by molar-refractivity contribution is 7.99. The van der Waals surface area contributed by atoms with Crippen molar-refractivity contribution in [2.45, 2.75) is 16.4 Å². The summed E-state index contributed by atoms with van der Waals surface area (Å²) in [5, 5.41) is 9.22. The molecule has 0 bridgehead atoms. The maximum atomic E-state index is 13.5. The van der Waals surface area contributed by atoms with Crippen LogP contribution in [-0.4, -0.2) is 12.2 Å². The maximum absolute atomic E-state index is 13.5. The third-order valence-electron chi connectivity index (χ3n) is 2.52. The molecule has 0 aliphatic carbocycles. The van der Waals surface area contributed by atoms with Gasteiger partial charge in [0, 0.05) is 10.5 Å². The van der Waals surface area contributed by atoms with Crippen LogP contribution in [0.3, 0.4) is 0 Å². The number of halogens is 1. The molecule has 94 valence electrons. The van der Waals surface area contributed by atoms with Gasteiger partial charge in [0.15, 0.2) is 0 Å². The van der Waals surface area contributed by atoms with Crippen molar-refractivity contribution < 1.29 is 14.2 Å². The summed E-state index contributed by atoms with van der Waals surface area (Å²) in [5.74, 6) is 0.341. The topological polar surface area (TPSA) is 29.5 Å². The van der Waals surface area contributed by atoms with Crippen LogP contribution in [0, 0.1) is 5.82 Å². The normalized spacial score (nSPS) is 10.4. The zero-order valence-corrected chi connectivity index (χ0v) is 10.7. The molecule has 0 spiro atoms. The van der Waals surface area contributed by atoms with Crippen LogP contribution in [0.5, 0.6) is 5.75 Å². The molecular weight excluding hydrogens is 251 g/mol. The fraction of sp³-hybridized carbons (Fsp3) is 0.143. The lowest BCUT2D eigenvalue weighted by Gasteiger charge is -2.10. The Labute approximate surface area is 109 Å². The van der Waals surface area contributed by atoms with E-state index in [0.29, 0.717) is 10.5 Å². The van der Waals surface area contributed by atoms with Gasteiger partial charge >= 0.3 is 0 Å². The summed E-state index contributed by atoms with van der Waals surface area (Å²) in [7, 11) is 1.60. The Morgan fingerprint density at radius 1 is 1.11 bits per heavy atom. The standard InChI is InChI=1S/C14H13FO2S/c1-17-12-6-2-3-7-14(12)18-13-8-4-5-11(15)10(13)9-16/h2-8,16H,9H2,1H3. The largest absolute Gasteiger partial charge is 0.496 e. The molecule has 1 N–H and O–H groups in total. The van der Waals surface area contributed by atoms with Gasteiger partial charge in [-0.1, -0.05) is 30.0 Å². The summed E-state index contributed by atoms with van der Waals surface area (Å²) in [4.78, 5) is 1.59. The van der Waals surface area contributed by atoms with Gasteiger partial charge in [0.2, 0.25) is 0 Å². The number of aliphatic hydroxyl groups is 1. The van der Waals surface area contributed by atoms with E-state index >= 15 is 0 Å². The van der Waals surface area contributed by atoms with Gasteiger partial charge in [-0.25, -0.2) is 4.39 Å². The predicted octanol–water partition coefficient (Wildman–Crippen LogP) is 3.48. The maximum Gasteiger partial charge on any atom is 0.132 e. The highest BCUT2D eigenvalue weighted by Gasteiger charge is 2.10. The number of benzene rings is 2. The molecule has 0 atom stereocenters. The first-order valence-electron chi connectivity index (χ1n) is 5.45. The third-order valence-corrected chi connectivity index (χ3v) is 3.68. The number of aliphatic hydroxyl groups excluding tert-OH is 1. The number of rotatable bonds is 4. The molecule has 18 heavy (non-hydrogen) atoms. The monoisotopic (exact) mass is 264 g/mol. The van der Waals surface area contributed by atoms with E-state index in [2.05, 4.69) is 0 Å². The van der Waals surface area contributed by atoms with Gasteiger partial charge < -0.3 is 9.84 Å². The Bertz CT molecular complexity index is 543.